The fourth-order valence-corrected chi connectivity index (χ4v) is 5.52. The van der Waals surface area contributed by atoms with E-state index < -0.39 is 39.1 Å². The zero-order valence-electron chi connectivity index (χ0n) is 24.3. The Bertz CT molecular complexity index is 1840. The number of primary amides is 1. The van der Waals surface area contributed by atoms with E-state index in [-0.39, 0.29) is 18.7 Å². The molecule has 4 N–H and O–H groups in total. The lowest BCUT2D eigenvalue weighted by atomic mass is 9.87. The summed E-state index contributed by atoms with van der Waals surface area (Å²) in [5.41, 5.74) is 7.20. The lowest BCUT2D eigenvalue weighted by Crippen LogP contribution is -2.23. The van der Waals surface area contributed by atoms with Gasteiger partial charge in [0.1, 0.15) is 22.9 Å². The summed E-state index contributed by atoms with van der Waals surface area (Å²) < 4.78 is 56.2. The van der Waals surface area contributed by atoms with E-state index in [9.17, 15) is 27.1 Å². The van der Waals surface area contributed by atoms with Crippen LogP contribution in [0.2, 0.25) is 0 Å². The summed E-state index contributed by atoms with van der Waals surface area (Å²) in [7, 11) is -1.96. The quantitative estimate of drug-likeness (QED) is 0.228. The fraction of sp³-hybridized carbons (Fsp3) is 0.323. The Morgan fingerprint density at radius 3 is 2.40 bits per heavy atom. The summed E-state index contributed by atoms with van der Waals surface area (Å²) in [5, 5.41) is 15.6. The number of rotatable bonds is 10. The van der Waals surface area contributed by atoms with Crippen LogP contribution in [0.1, 0.15) is 56.0 Å². The molecule has 9 nitrogen and oxygen atoms in total. The zero-order chi connectivity index (χ0) is 31.5. The number of sulfonamides is 1. The number of aryl methyl sites for hydroxylation is 1. The van der Waals surface area contributed by atoms with Crippen molar-refractivity contribution in [2.75, 3.05) is 11.0 Å². The average molecular weight is 610 g/mol. The number of hydrogen-bond acceptors (Lipinski definition) is 6. The number of para-hydroxylation sites is 1. The number of fused-ring (bicyclic) bond motifs is 1. The maximum Gasteiger partial charge on any atom is 0.231 e. The van der Waals surface area contributed by atoms with Gasteiger partial charge in [-0.05, 0) is 61.1 Å². The topological polar surface area (TPSA) is 140 Å². The van der Waals surface area contributed by atoms with E-state index in [1.54, 1.807) is 37.4 Å². The summed E-state index contributed by atoms with van der Waals surface area (Å²) in [4.78, 5) is 17.1. The van der Waals surface area contributed by atoms with Crippen LogP contribution in [0.25, 0.3) is 22.0 Å². The predicted molar refractivity (Wildman–Crippen MR) is 161 cm³/mol. The van der Waals surface area contributed by atoms with Gasteiger partial charge in [0.05, 0.1) is 17.5 Å². The van der Waals surface area contributed by atoms with Crippen LogP contribution in [0.3, 0.4) is 0 Å². The number of nitrogens with one attached hydrogen (secondary N) is 1. The van der Waals surface area contributed by atoms with E-state index >= 15 is 0 Å². The van der Waals surface area contributed by atoms with Crippen molar-refractivity contribution in [3.05, 3.63) is 77.1 Å². The van der Waals surface area contributed by atoms with E-state index in [2.05, 4.69) is 21.7 Å². The van der Waals surface area contributed by atoms with Gasteiger partial charge in [-0.3, -0.25) is 14.2 Å². The number of amides is 1. The van der Waals surface area contributed by atoms with Crippen LogP contribution in [-0.4, -0.2) is 46.1 Å². The number of hydrogen-bond donors (Lipinski definition) is 3. The molecule has 1 atom stereocenters. The van der Waals surface area contributed by atoms with Crippen LogP contribution in [0, 0.1) is 23.5 Å². The second kappa shape index (κ2) is 12.5. The van der Waals surface area contributed by atoms with Crippen LogP contribution >= 0.6 is 0 Å². The van der Waals surface area contributed by atoms with Crippen LogP contribution < -0.4 is 10.5 Å². The molecule has 4 aromatic rings. The third kappa shape index (κ3) is 7.55. The molecule has 0 aliphatic heterocycles. The van der Waals surface area contributed by atoms with Gasteiger partial charge in [0.25, 0.3) is 0 Å². The maximum atomic E-state index is 14.1. The predicted octanol–water partition coefficient (Wildman–Crippen LogP) is 4.39. The Morgan fingerprint density at radius 1 is 1.12 bits per heavy atom. The van der Waals surface area contributed by atoms with E-state index in [0.717, 1.165) is 12.3 Å². The molecule has 0 saturated carbocycles. The van der Waals surface area contributed by atoms with Gasteiger partial charge < -0.3 is 10.8 Å². The highest BCUT2D eigenvalue weighted by molar-refractivity contribution is 7.92. The van der Waals surface area contributed by atoms with Gasteiger partial charge in [0, 0.05) is 42.0 Å². The monoisotopic (exact) mass is 609 g/mol. The first-order valence-corrected chi connectivity index (χ1v) is 15.5. The van der Waals surface area contributed by atoms with Gasteiger partial charge in [0.15, 0.2) is 5.82 Å². The molecule has 0 fully saturated rings. The summed E-state index contributed by atoms with van der Waals surface area (Å²) in [5.74, 6) is 3.07. The number of carbonyl (C=O) groups is 1. The molecule has 2 heterocycles. The lowest BCUT2D eigenvalue weighted by molar-refractivity contribution is -0.118. The molecule has 1 amide bonds. The van der Waals surface area contributed by atoms with Crippen molar-refractivity contribution in [2.24, 2.45) is 12.8 Å². The Kier molecular flexibility index (Phi) is 9.18. The highest BCUT2D eigenvalue weighted by Gasteiger charge is 2.25. The van der Waals surface area contributed by atoms with Crippen molar-refractivity contribution >= 4 is 32.7 Å². The van der Waals surface area contributed by atoms with Gasteiger partial charge >= 0.3 is 0 Å². The number of aliphatic hydroxyl groups is 1. The Morgan fingerprint density at radius 2 is 1.79 bits per heavy atom. The van der Waals surface area contributed by atoms with Crippen molar-refractivity contribution < 1.29 is 27.1 Å². The fourth-order valence-electron chi connectivity index (χ4n) is 5.02. The number of aromatic nitrogens is 3. The van der Waals surface area contributed by atoms with Crippen LogP contribution in [0.4, 0.5) is 14.6 Å². The standard InChI is InChI=1S/C31H33F2N5O4S/c1-5-31(40,6-2)13-12-23-10-11-24(25-8-7-9-26-29(25)38(3)36-30(26)37-43(4,41)42)28(35-23)20(17-27(34)39)14-19-15-21(32)18-22(33)16-19/h7-11,15-16,18,20,40H,5-6,14,17H2,1-4H3,(H2,34,39)(H,36,37)/t20-/m0/s1. The van der Waals surface area contributed by atoms with Crippen LogP contribution in [0.15, 0.2) is 48.5 Å². The molecule has 4 rings (SSSR count). The highest BCUT2D eigenvalue weighted by atomic mass is 32.2. The van der Waals surface area contributed by atoms with Crippen molar-refractivity contribution in [1.29, 1.82) is 0 Å². The third-order valence-corrected chi connectivity index (χ3v) is 7.76. The lowest BCUT2D eigenvalue weighted by Gasteiger charge is -2.20. The molecule has 2 aromatic carbocycles. The second-order valence-electron chi connectivity index (χ2n) is 10.5. The average Bonchev–Trinajstić information content (AvgIpc) is 3.24. The van der Waals surface area contributed by atoms with Crippen molar-refractivity contribution in [3.8, 4) is 23.0 Å². The first kappa shape index (κ1) is 31.6. The molecule has 0 bridgehead atoms. The molecular formula is C31H33F2N5O4S. The number of halogens is 2. The number of nitrogens with zero attached hydrogens (tertiary/aromatic N) is 3. The van der Waals surface area contributed by atoms with E-state index in [1.807, 2.05) is 13.8 Å². The van der Waals surface area contributed by atoms with Gasteiger partial charge in [-0.25, -0.2) is 22.2 Å². The summed E-state index contributed by atoms with van der Waals surface area (Å²) in [6, 6.07) is 11.8. The summed E-state index contributed by atoms with van der Waals surface area (Å²) in [6.45, 7) is 3.64. The first-order valence-electron chi connectivity index (χ1n) is 13.7. The molecule has 0 aliphatic carbocycles. The molecule has 2 aromatic heterocycles. The number of benzene rings is 2. The molecule has 0 spiro atoms. The Labute approximate surface area is 249 Å². The SMILES string of the molecule is CCC(O)(C#Cc1ccc(-c2cccc3c(NS(C)(=O)=O)nn(C)c23)c([C@H](CC(N)=O)Cc2cc(F)cc(F)c2)n1)CC. The number of carbonyl (C=O) groups excluding carboxylic acids is 1. The summed E-state index contributed by atoms with van der Waals surface area (Å²) in [6.07, 6.45) is 1.68. The molecule has 0 aliphatic rings. The number of pyridine rings is 1. The van der Waals surface area contributed by atoms with Gasteiger partial charge in [-0.2, -0.15) is 5.10 Å². The number of nitrogens with two attached hydrogens (primary N) is 1. The number of anilines is 1. The molecule has 226 valence electrons. The van der Waals surface area contributed by atoms with Gasteiger partial charge in [-0.1, -0.05) is 31.9 Å². The molecule has 0 unspecified atom stereocenters. The first-order chi connectivity index (χ1) is 20.2. The molecule has 0 saturated heterocycles. The summed E-state index contributed by atoms with van der Waals surface area (Å²) >= 11 is 0. The van der Waals surface area contributed by atoms with Gasteiger partial charge in [-0.15, -0.1) is 0 Å². The van der Waals surface area contributed by atoms with E-state index in [1.165, 1.54) is 16.8 Å². The molecular weight excluding hydrogens is 576 g/mol. The van der Waals surface area contributed by atoms with Crippen LogP contribution in [0.5, 0.6) is 0 Å². The van der Waals surface area contributed by atoms with E-state index in [0.29, 0.717) is 51.8 Å². The molecule has 0 radical (unpaired) electrons. The largest absolute Gasteiger partial charge is 0.378 e. The third-order valence-electron chi connectivity index (χ3n) is 7.19. The minimum Gasteiger partial charge on any atom is -0.378 e. The maximum absolute atomic E-state index is 14.1. The minimum absolute atomic E-state index is 0.0323. The van der Waals surface area contributed by atoms with E-state index in [4.69, 9.17) is 10.7 Å². The molecule has 43 heavy (non-hydrogen) atoms. The van der Waals surface area contributed by atoms with Crippen molar-refractivity contribution in [3.63, 3.8) is 0 Å². The van der Waals surface area contributed by atoms with Gasteiger partial charge in [0.2, 0.25) is 15.9 Å². The van der Waals surface area contributed by atoms with Crippen LogP contribution in [-0.2, 0) is 28.3 Å². The second-order valence-corrected chi connectivity index (χ2v) is 12.3. The van der Waals surface area contributed by atoms with Crippen molar-refractivity contribution in [1.82, 2.24) is 14.8 Å². The Balaban J connectivity index is 1.97. The smallest absolute Gasteiger partial charge is 0.231 e. The Hall–Kier alpha value is -4.34. The highest BCUT2D eigenvalue weighted by Crippen LogP contribution is 2.38. The van der Waals surface area contributed by atoms with Crippen molar-refractivity contribution in [2.45, 2.75) is 51.0 Å². The normalized spacial score (nSPS) is 12.5. The molecule has 12 heteroatoms. The minimum atomic E-state index is -3.62. The zero-order valence-corrected chi connectivity index (χ0v) is 25.1.